The van der Waals surface area contributed by atoms with E-state index in [1.807, 2.05) is 36.4 Å². The molecule has 4 rings (SSSR count). The molecule has 0 aliphatic heterocycles. The van der Waals surface area contributed by atoms with Gasteiger partial charge < -0.3 is 24.4 Å². The van der Waals surface area contributed by atoms with Gasteiger partial charge in [-0.3, -0.25) is 13.9 Å². The molecule has 0 saturated carbocycles. The SMILES string of the molecule is CNC(=O)C(Cc1ccccc1)N(Cc1cccc(OC)c1)C(=O)CN(c1ccccc1)S(=O)(=O)c1ccc(OC)c(OC)c1. The van der Waals surface area contributed by atoms with Crippen LogP contribution in [0.2, 0.25) is 0 Å². The monoisotopic (exact) mass is 631 g/mol. The summed E-state index contributed by atoms with van der Waals surface area (Å²) in [6.07, 6.45) is 0.212. The molecule has 0 fully saturated rings. The third-order valence-electron chi connectivity index (χ3n) is 7.27. The van der Waals surface area contributed by atoms with Crippen molar-refractivity contribution in [3.63, 3.8) is 0 Å². The first-order valence-corrected chi connectivity index (χ1v) is 15.6. The summed E-state index contributed by atoms with van der Waals surface area (Å²) in [5.41, 5.74) is 1.83. The number of rotatable bonds is 14. The van der Waals surface area contributed by atoms with E-state index in [1.54, 1.807) is 55.6 Å². The molecule has 0 aromatic heterocycles. The highest BCUT2D eigenvalue weighted by atomic mass is 32.2. The maximum atomic E-state index is 14.4. The van der Waals surface area contributed by atoms with Gasteiger partial charge in [0.1, 0.15) is 18.3 Å². The fourth-order valence-electron chi connectivity index (χ4n) is 4.92. The normalized spacial score (nSPS) is 11.6. The zero-order valence-electron chi connectivity index (χ0n) is 25.7. The number of carbonyl (C=O) groups is 2. The summed E-state index contributed by atoms with van der Waals surface area (Å²) < 4.78 is 45.5. The summed E-state index contributed by atoms with van der Waals surface area (Å²) in [6, 6.07) is 28.2. The number of likely N-dealkylation sites (N-methyl/N-ethyl adjacent to an activating group) is 1. The summed E-state index contributed by atoms with van der Waals surface area (Å²) in [5.74, 6) is 0.207. The largest absolute Gasteiger partial charge is 0.497 e. The van der Waals surface area contributed by atoms with Gasteiger partial charge in [0.25, 0.3) is 10.0 Å². The highest BCUT2D eigenvalue weighted by Gasteiger charge is 2.34. The summed E-state index contributed by atoms with van der Waals surface area (Å²) in [7, 11) is 1.61. The van der Waals surface area contributed by atoms with E-state index >= 15 is 0 Å². The second kappa shape index (κ2) is 15.1. The number of hydrogen-bond acceptors (Lipinski definition) is 7. The van der Waals surface area contributed by atoms with Crippen LogP contribution in [0.1, 0.15) is 11.1 Å². The van der Waals surface area contributed by atoms with Gasteiger partial charge in [0, 0.05) is 26.1 Å². The average molecular weight is 632 g/mol. The van der Waals surface area contributed by atoms with E-state index in [0.29, 0.717) is 17.1 Å². The van der Waals surface area contributed by atoms with Crippen LogP contribution in [0, 0.1) is 0 Å². The number of sulfonamides is 1. The molecule has 4 aromatic rings. The standard InChI is InChI=1S/C34H37N3O7S/c1-35-34(39)30(21-25-12-7-5-8-13-25)36(23-26-14-11-17-28(20-26)42-2)33(38)24-37(27-15-9-6-10-16-27)45(40,41)29-18-19-31(43-3)32(22-29)44-4/h5-20,22,30H,21,23-24H2,1-4H3,(H,35,39). The number of ether oxygens (including phenoxy) is 3. The van der Waals surface area contributed by atoms with Crippen LogP contribution < -0.4 is 23.8 Å². The molecular formula is C34H37N3O7S. The number of amides is 2. The smallest absolute Gasteiger partial charge is 0.264 e. The van der Waals surface area contributed by atoms with Crippen LogP contribution in [0.25, 0.3) is 0 Å². The molecular weight excluding hydrogens is 594 g/mol. The van der Waals surface area contributed by atoms with Crippen molar-refractivity contribution in [3.8, 4) is 17.2 Å². The highest BCUT2D eigenvalue weighted by Crippen LogP contribution is 2.32. The molecule has 236 valence electrons. The number of benzene rings is 4. The zero-order valence-corrected chi connectivity index (χ0v) is 26.5. The van der Waals surface area contributed by atoms with E-state index in [0.717, 1.165) is 9.87 Å². The van der Waals surface area contributed by atoms with Crippen molar-refractivity contribution in [3.05, 3.63) is 114 Å². The van der Waals surface area contributed by atoms with E-state index in [2.05, 4.69) is 5.32 Å². The summed E-state index contributed by atoms with van der Waals surface area (Å²) in [4.78, 5) is 29.1. The fourth-order valence-corrected chi connectivity index (χ4v) is 6.35. The molecule has 1 atom stereocenters. The minimum atomic E-state index is -4.30. The van der Waals surface area contributed by atoms with Gasteiger partial charge in [0.2, 0.25) is 11.8 Å². The summed E-state index contributed by atoms with van der Waals surface area (Å²) in [5, 5.41) is 2.68. The van der Waals surface area contributed by atoms with Crippen LogP contribution in [-0.4, -0.2) is 66.1 Å². The van der Waals surface area contributed by atoms with Crippen molar-refractivity contribution in [2.45, 2.75) is 23.9 Å². The quantitative estimate of drug-likeness (QED) is 0.221. The number of hydrogen-bond donors (Lipinski definition) is 1. The lowest BCUT2D eigenvalue weighted by Gasteiger charge is -2.33. The first-order chi connectivity index (χ1) is 21.7. The van der Waals surface area contributed by atoms with E-state index in [-0.39, 0.29) is 35.2 Å². The van der Waals surface area contributed by atoms with Crippen molar-refractivity contribution < 1.29 is 32.2 Å². The summed E-state index contributed by atoms with van der Waals surface area (Å²) in [6.45, 7) is -0.549. The van der Waals surface area contributed by atoms with Crippen molar-refractivity contribution in [2.24, 2.45) is 0 Å². The first kappa shape index (κ1) is 32.9. The molecule has 0 bridgehead atoms. The molecule has 0 aliphatic rings. The Morgan fingerprint density at radius 2 is 1.40 bits per heavy atom. The van der Waals surface area contributed by atoms with Gasteiger partial charge in [-0.1, -0.05) is 60.7 Å². The van der Waals surface area contributed by atoms with Crippen LogP contribution in [0.15, 0.2) is 108 Å². The topological polar surface area (TPSA) is 114 Å². The Morgan fingerprint density at radius 1 is 0.756 bits per heavy atom. The van der Waals surface area contributed by atoms with E-state index < -0.39 is 28.5 Å². The Morgan fingerprint density at radius 3 is 2.02 bits per heavy atom. The molecule has 0 radical (unpaired) electrons. The Hall–Kier alpha value is -5.03. The highest BCUT2D eigenvalue weighted by molar-refractivity contribution is 7.92. The third-order valence-corrected chi connectivity index (χ3v) is 9.04. The van der Waals surface area contributed by atoms with Gasteiger partial charge >= 0.3 is 0 Å². The lowest BCUT2D eigenvalue weighted by molar-refractivity contribution is -0.139. The van der Waals surface area contributed by atoms with Gasteiger partial charge in [-0.15, -0.1) is 0 Å². The molecule has 11 heteroatoms. The molecule has 1 N–H and O–H groups in total. The van der Waals surface area contributed by atoms with Crippen molar-refractivity contribution in [1.82, 2.24) is 10.2 Å². The number of carbonyl (C=O) groups excluding carboxylic acids is 2. The maximum absolute atomic E-state index is 14.4. The molecule has 4 aromatic carbocycles. The lowest BCUT2D eigenvalue weighted by Crippen LogP contribution is -2.53. The van der Waals surface area contributed by atoms with Crippen LogP contribution in [0.3, 0.4) is 0 Å². The zero-order chi connectivity index (χ0) is 32.4. The van der Waals surface area contributed by atoms with Crippen LogP contribution in [0.4, 0.5) is 5.69 Å². The number of para-hydroxylation sites is 1. The Labute approximate surface area is 264 Å². The average Bonchev–Trinajstić information content (AvgIpc) is 3.08. The Bertz CT molecular complexity index is 1700. The van der Waals surface area contributed by atoms with Gasteiger partial charge in [-0.2, -0.15) is 0 Å². The Kier molecular flexibility index (Phi) is 11.0. The number of anilines is 1. The molecule has 0 saturated heterocycles. The predicted molar refractivity (Wildman–Crippen MR) is 172 cm³/mol. The molecule has 0 spiro atoms. The van der Waals surface area contributed by atoms with Gasteiger partial charge in [-0.05, 0) is 47.5 Å². The van der Waals surface area contributed by atoms with E-state index in [1.165, 1.54) is 44.4 Å². The number of nitrogens with one attached hydrogen (secondary N) is 1. The van der Waals surface area contributed by atoms with Crippen molar-refractivity contribution >= 4 is 27.5 Å². The van der Waals surface area contributed by atoms with Crippen LogP contribution in [0.5, 0.6) is 17.2 Å². The van der Waals surface area contributed by atoms with Gasteiger partial charge in [0.15, 0.2) is 11.5 Å². The maximum Gasteiger partial charge on any atom is 0.264 e. The van der Waals surface area contributed by atoms with E-state index in [9.17, 15) is 18.0 Å². The number of nitrogens with zero attached hydrogens (tertiary/aromatic N) is 2. The second-order valence-electron chi connectivity index (χ2n) is 10.1. The third kappa shape index (κ3) is 7.93. The minimum Gasteiger partial charge on any atom is -0.497 e. The van der Waals surface area contributed by atoms with Crippen molar-refractivity contribution in [2.75, 3.05) is 39.2 Å². The summed E-state index contributed by atoms with van der Waals surface area (Å²) >= 11 is 0. The second-order valence-corrected chi connectivity index (χ2v) is 11.9. The molecule has 0 heterocycles. The van der Waals surface area contributed by atoms with E-state index in [4.69, 9.17) is 14.2 Å². The predicted octanol–water partition coefficient (Wildman–Crippen LogP) is 4.29. The van der Waals surface area contributed by atoms with Crippen LogP contribution >= 0.6 is 0 Å². The first-order valence-electron chi connectivity index (χ1n) is 14.2. The molecule has 0 aliphatic carbocycles. The van der Waals surface area contributed by atoms with Crippen LogP contribution in [-0.2, 0) is 32.6 Å². The van der Waals surface area contributed by atoms with Gasteiger partial charge in [-0.25, -0.2) is 8.42 Å². The number of methoxy groups -OCH3 is 3. The Balaban J connectivity index is 1.80. The van der Waals surface area contributed by atoms with Gasteiger partial charge in [0.05, 0.1) is 31.9 Å². The minimum absolute atomic E-state index is 0.0278. The molecule has 10 nitrogen and oxygen atoms in total. The fraction of sp³-hybridized carbons (Fsp3) is 0.235. The lowest BCUT2D eigenvalue weighted by atomic mass is 10.0. The molecule has 1 unspecified atom stereocenters. The molecule has 2 amide bonds. The molecule has 45 heavy (non-hydrogen) atoms. The van der Waals surface area contributed by atoms with Crippen molar-refractivity contribution in [1.29, 1.82) is 0 Å².